The number of hydrogen-bond donors (Lipinski definition) is 3. The second-order valence-electron chi connectivity index (χ2n) is 5.43. The van der Waals surface area contributed by atoms with E-state index in [1.165, 1.54) is 6.07 Å². The van der Waals surface area contributed by atoms with Crippen molar-refractivity contribution >= 4 is 40.8 Å². The molecule has 1 unspecified atom stereocenters. The van der Waals surface area contributed by atoms with Crippen molar-refractivity contribution < 1.29 is 24.4 Å². The van der Waals surface area contributed by atoms with E-state index in [1.807, 2.05) is 0 Å². The number of anilines is 1. The van der Waals surface area contributed by atoms with Crippen LogP contribution in [0.25, 0.3) is 0 Å². The third kappa shape index (κ3) is 5.51. The van der Waals surface area contributed by atoms with Crippen LogP contribution in [0.1, 0.15) is 5.56 Å². The van der Waals surface area contributed by atoms with Crippen LogP contribution >= 0.6 is 11.6 Å². The van der Waals surface area contributed by atoms with Gasteiger partial charge in [0.2, 0.25) is 0 Å². The third-order valence-electron chi connectivity index (χ3n) is 3.50. The lowest BCUT2D eigenvalue weighted by Crippen LogP contribution is -2.46. The minimum Gasteiger partial charge on any atom is -0.480 e. The van der Waals surface area contributed by atoms with E-state index in [2.05, 4.69) is 10.6 Å². The second-order valence-corrected chi connectivity index (χ2v) is 5.86. The maximum Gasteiger partial charge on any atom is 0.326 e. The molecule has 0 aromatic heterocycles. The zero-order chi connectivity index (χ0) is 20.0. The molecule has 0 radical (unpaired) electrons. The molecule has 0 aliphatic heterocycles. The average molecular weight is 392 g/mol. The van der Waals surface area contributed by atoms with Crippen molar-refractivity contribution in [3.05, 3.63) is 69.2 Å². The van der Waals surface area contributed by atoms with Crippen LogP contribution in [0, 0.1) is 10.1 Å². The fourth-order valence-electron chi connectivity index (χ4n) is 2.22. The summed E-state index contributed by atoms with van der Waals surface area (Å²) in [6.45, 7) is 0. The molecule has 27 heavy (non-hydrogen) atoms. The monoisotopic (exact) mass is 391 g/mol. The summed E-state index contributed by atoms with van der Waals surface area (Å²) in [4.78, 5) is 45.6. The summed E-state index contributed by atoms with van der Waals surface area (Å²) in [5.41, 5.74) is -0.0849. The summed E-state index contributed by atoms with van der Waals surface area (Å²) >= 11 is 5.75. The molecular weight excluding hydrogens is 378 g/mol. The van der Waals surface area contributed by atoms with Crippen molar-refractivity contribution in [1.29, 1.82) is 0 Å². The molecule has 2 amide bonds. The number of amides is 2. The normalized spacial score (nSPS) is 11.3. The number of benzene rings is 2. The van der Waals surface area contributed by atoms with Gasteiger partial charge in [0, 0.05) is 17.5 Å². The molecule has 1 atom stereocenters. The van der Waals surface area contributed by atoms with Gasteiger partial charge in [-0.15, -0.1) is 0 Å². The lowest BCUT2D eigenvalue weighted by molar-refractivity contribution is -0.383. The van der Waals surface area contributed by atoms with Gasteiger partial charge in [-0.2, -0.15) is 0 Å². The Bertz CT molecular complexity index is 887. The van der Waals surface area contributed by atoms with Crippen molar-refractivity contribution in [2.75, 3.05) is 5.32 Å². The lowest BCUT2D eigenvalue weighted by atomic mass is 10.1. The topological polar surface area (TPSA) is 139 Å². The van der Waals surface area contributed by atoms with Gasteiger partial charge in [0.25, 0.3) is 5.69 Å². The molecule has 2 aromatic rings. The number of aliphatic carboxylic acids is 1. The predicted molar refractivity (Wildman–Crippen MR) is 96.4 cm³/mol. The molecule has 10 heteroatoms. The van der Waals surface area contributed by atoms with Crippen molar-refractivity contribution in [2.24, 2.45) is 0 Å². The highest BCUT2D eigenvalue weighted by Crippen LogP contribution is 2.27. The Balaban J connectivity index is 2.10. The van der Waals surface area contributed by atoms with E-state index >= 15 is 0 Å². The average Bonchev–Trinajstić information content (AvgIpc) is 2.61. The van der Waals surface area contributed by atoms with Gasteiger partial charge in [0.1, 0.15) is 11.7 Å². The third-order valence-corrected chi connectivity index (χ3v) is 3.73. The summed E-state index contributed by atoms with van der Waals surface area (Å²) < 4.78 is 0. The zero-order valence-electron chi connectivity index (χ0n) is 13.7. The number of halogens is 1. The van der Waals surface area contributed by atoms with E-state index in [-0.39, 0.29) is 17.1 Å². The molecular formula is C17H14ClN3O6. The molecule has 9 nitrogen and oxygen atoms in total. The smallest absolute Gasteiger partial charge is 0.326 e. The fourth-order valence-corrected chi connectivity index (χ4v) is 2.39. The van der Waals surface area contributed by atoms with Crippen LogP contribution in [-0.2, 0) is 20.8 Å². The number of carbonyl (C=O) groups is 3. The summed E-state index contributed by atoms with van der Waals surface area (Å²) in [5.74, 6) is -3.82. The fraction of sp³-hybridized carbons (Fsp3) is 0.118. The van der Waals surface area contributed by atoms with Gasteiger partial charge in [-0.05, 0) is 17.7 Å². The van der Waals surface area contributed by atoms with E-state index < -0.39 is 34.4 Å². The van der Waals surface area contributed by atoms with Crippen molar-refractivity contribution in [3.63, 3.8) is 0 Å². The largest absolute Gasteiger partial charge is 0.480 e. The van der Waals surface area contributed by atoms with E-state index in [4.69, 9.17) is 11.6 Å². The molecule has 3 N–H and O–H groups in total. The highest BCUT2D eigenvalue weighted by molar-refractivity contribution is 6.40. The van der Waals surface area contributed by atoms with Crippen LogP contribution in [0.2, 0.25) is 5.02 Å². The Morgan fingerprint density at radius 1 is 1.11 bits per heavy atom. The number of nitrogens with zero attached hydrogens (tertiary/aromatic N) is 1. The zero-order valence-corrected chi connectivity index (χ0v) is 14.5. The number of nitro benzene ring substituents is 1. The first-order valence-electron chi connectivity index (χ1n) is 7.60. The van der Waals surface area contributed by atoms with Gasteiger partial charge >= 0.3 is 17.8 Å². The van der Waals surface area contributed by atoms with Gasteiger partial charge in [-0.25, -0.2) is 4.79 Å². The summed E-state index contributed by atoms with van der Waals surface area (Å²) in [7, 11) is 0. The molecule has 2 aromatic carbocycles. The minimum atomic E-state index is -1.35. The second kappa shape index (κ2) is 8.77. The Kier molecular flexibility index (Phi) is 6.45. The van der Waals surface area contributed by atoms with Gasteiger partial charge in [-0.3, -0.25) is 19.7 Å². The van der Waals surface area contributed by atoms with E-state index in [1.54, 1.807) is 30.3 Å². The van der Waals surface area contributed by atoms with Crippen LogP contribution in [0.5, 0.6) is 0 Å². The number of hydrogen-bond acceptors (Lipinski definition) is 5. The van der Waals surface area contributed by atoms with Gasteiger partial charge < -0.3 is 15.7 Å². The molecule has 2 rings (SSSR count). The number of nitro groups is 1. The van der Waals surface area contributed by atoms with Gasteiger partial charge in [-0.1, -0.05) is 41.9 Å². The SMILES string of the molecule is O=C(Nc1cc(Cl)ccc1[N+](=O)[O-])C(=O)NC(Cc1ccccc1)C(=O)O. The van der Waals surface area contributed by atoms with Crippen LogP contribution in [-0.4, -0.2) is 33.9 Å². The number of carboxylic acids is 1. The molecule has 0 spiro atoms. The molecule has 0 saturated carbocycles. The van der Waals surface area contributed by atoms with E-state index in [9.17, 15) is 29.6 Å². The van der Waals surface area contributed by atoms with Crippen LogP contribution < -0.4 is 10.6 Å². The Labute approximate surface area is 158 Å². The first kappa shape index (κ1) is 19.9. The number of carboxylic acid groups (broad SMARTS) is 1. The lowest BCUT2D eigenvalue weighted by Gasteiger charge is -2.14. The van der Waals surface area contributed by atoms with Crippen LogP contribution in [0.4, 0.5) is 11.4 Å². The number of nitrogens with one attached hydrogen (secondary N) is 2. The standard InChI is InChI=1S/C17H14ClN3O6/c18-11-6-7-14(21(26)27)12(9-11)19-15(22)16(23)20-13(17(24)25)8-10-4-2-1-3-5-10/h1-7,9,13H,8H2,(H,19,22)(H,20,23)(H,24,25). The Hall–Kier alpha value is -3.46. The highest BCUT2D eigenvalue weighted by atomic mass is 35.5. The molecule has 0 fully saturated rings. The van der Waals surface area contributed by atoms with Gasteiger partial charge in [0.05, 0.1) is 4.92 Å². The number of rotatable bonds is 6. The first-order valence-corrected chi connectivity index (χ1v) is 7.98. The quantitative estimate of drug-likeness (QED) is 0.391. The molecule has 0 bridgehead atoms. The maximum absolute atomic E-state index is 12.0. The number of carbonyl (C=O) groups excluding carboxylic acids is 2. The first-order chi connectivity index (χ1) is 12.8. The Morgan fingerprint density at radius 3 is 2.37 bits per heavy atom. The van der Waals surface area contributed by atoms with E-state index in [0.717, 1.165) is 12.1 Å². The summed E-state index contributed by atoms with van der Waals surface area (Å²) in [5, 5.41) is 24.5. The molecule has 0 heterocycles. The van der Waals surface area contributed by atoms with E-state index in [0.29, 0.717) is 5.56 Å². The van der Waals surface area contributed by atoms with Gasteiger partial charge in [0.15, 0.2) is 0 Å². The maximum atomic E-state index is 12.0. The molecule has 0 aliphatic carbocycles. The highest BCUT2D eigenvalue weighted by Gasteiger charge is 2.26. The van der Waals surface area contributed by atoms with Crippen molar-refractivity contribution in [1.82, 2.24) is 5.32 Å². The molecule has 140 valence electrons. The summed E-state index contributed by atoms with van der Waals surface area (Å²) in [6.07, 6.45) is -0.0352. The van der Waals surface area contributed by atoms with Crippen LogP contribution in [0.15, 0.2) is 48.5 Å². The summed E-state index contributed by atoms with van der Waals surface area (Å²) in [6, 6.07) is 10.6. The Morgan fingerprint density at radius 2 is 1.78 bits per heavy atom. The predicted octanol–water partition coefficient (Wildman–Crippen LogP) is 2.00. The van der Waals surface area contributed by atoms with Crippen LogP contribution in [0.3, 0.4) is 0 Å². The van der Waals surface area contributed by atoms with Crippen molar-refractivity contribution in [3.8, 4) is 0 Å². The molecule has 0 saturated heterocycles. The molecule has 0 aliphatic rings. The minimum absolute atomic E-state index is 0.0352. The van der Waals surface area contributed by atoms with Crippen molar-refractivity contribution in [2.45, 2.75) is 12.5 Å².